The van der Waals surface area contributed by atoms with Crippen molar-refractivity contribution >= 4 is 17.9 Å². The van der Waals surface area contributed by atoms with Crippen molar-refractivity contribution in [3.05, 3.63) is 35.9 Å². The second-order valence-corrected chi connectivity index (χ2v) is 5.06. The molecule has 128 valence electrons. The van der Waals surface area contributed by atoms with E-state index in [4.69, 9.17) is 15.2 Å². The van der Waals surface area contributed by atoms with Gasteiger partial charge in [-0.25, -0.2) is 0 Å². The molecule has 1 aliphatic heterocycles. The van der Waals surface area contributed by atoms with E-state index in [1.807, 2.05) is 0 Å². The average Bonchev–Trinajstić information content (AvgIpc) is 2.58. The molecule has 2 amide bonds. The van der Waals surface area contributed by atoms with Crippen LogP contribution in [-0.4, -0.2) is 48.6 Å². The number of imide groups is 1. The number of nitrogens with zero attached hydrogens (tertiary/aromatic N) is 1. The van der Waals surface area contributed by atoms with E-state index in [2.05, 4.69) is 0 Å². The number of carbonyl (C=O) groups is 2. The maximum Gasteiger partial charge on any atom is 0.253 e. The minimum Gasteiger partial charge on any atom is -0.504 e. The average molecular weight is 332 g/mol. The number of nitrogens with two attached hydrogens (primary N) is 1. The van der Waals surface area contributed by atoms with Gasteiger partial charge in [-0.1, -0.05) is 6.08 Å². The van der Waals surface area contributed by atoms with Crippen LogP contribution in [0.15, 0.2) is 30.4 Å². The monoisotopic (exact) mass is 332 g/mol. The lowest BCUT2D eigenvalue weighted by Crippen LogP contribution is -2.37. The van der Waals surface area contributed by atoms with Crippen LogP contribution in [0, 0.1) is 0 Å². The van der Waals surface area contributed by atoms with Crippen LogP contribution in [0.25, 0.3) is 6.08 Å². The number of phenolic OH excluding ortho intramolecular Hbond substituents is 1. The number of hydrogen-bond acceptors (Lipinski definition) is 6. The van der Waals surface area contributed by atoms with Gasteiger partial charge in [0.05, 0.1) is 7.11 Å². The van der Waals surface area contributed by atoms with Crippen LogP contribution in [0.4, 0.5) is 0 Å². The molecule has 0 spiro atoms. The van der Waals surface area contributed by atoms with Gasteiger partial charge in [-0.2, -0.15) is 0 Å². The zero-order valence-electron chi connectivity index (χ0n) is 13.4. The topological polar surface area (TPSA) is 102 Å². The van der Waals surface area contributed by atoms with Crippen LogP contribution in [0.3, 0.4) is 0 Å². The van der Waals surface area contributed by atoms with E-state index < -0.39 is 5.91 Å². The number of ether oxygens (including phenoxy) is 2. The fourth-order valence-electron chi connectivity index (χ4n) is 2.23. The lowest BCUT2D eigenvalue weighted by Gasteiger charge is -2.19. The van der Waals surface area contributed by atoms with Crippen molar-refractivity contribution < 1.29 is 24.2 Å². The Morgan fingerprint density at radius 3 is 2.92 bits per heavy atom. The molecule has 0 saturated carbocycles. The molecule has 2 rings (SSSR count). The Kier molecular flexibility index (Phi) is 5.97. The third-order valence-electron chi connectivity index (χ3n) is 3.37. The van der Waals surface area contributed by atoms with Gasteiger partial charge < -0.3 is 20.3 Å². The Bertz CT molecular complexity index is 682. The van der Waals surface area contributed by atoms with E-state index >= 15 is 0 Å². The zero-order valence-corrected chi connectivity index (χ0v) is 13.4. The highest BCUT2D eigenvalue weighted by Crippen LogP contribution is 2.38. The van der Waals surface area contributed by atoms with E-state index in [0.717, 1.165) is 4.90 Å². The largest absolute Gasteiger partial charge is 0.504 e. The summed E-state index contributed by atoms with van der Waals surface area (Å²) in [6.07, 6.45) is 6.55. The first-order chi connectivity index (χ1) is 11.6. The highest BCUT2D eigenvalue weighted by Gasteiger charge is 2.19. The van der Waals surface area contributed by atoms with Crippen LogP contribution in [0.5, 0.6) is 17.2 Å². The number of hydrogen-bond donors (Lipinski definition) is 2. The lowest BCUT2D eigenvalue weighted by molar-refractivity contribution is -0.139. The Morgan fingerprint density at radius 1 is 1.46 bits per heavy atom. The molecule has 0 unspecified atom stereocenters. The molecule has 1 aromatic rings. The maximum atomic E-state index is 12.1. The molecule has 0 fully saturated rings. The van der Waals surface area contributed by atoms with Crippen molar-refractivity contribution in [2.45, 2.75) is 6.42 Å². The zero-order chi connectivity index (χ0) is 17.5. The van der Waals surface area contributed by atoms with Gasteiger partial charge in [-0.05, 0) is 36.3 Å². The molecule has 24 heavy (non-hydrogen) atoms. The number of methoxy groups -OCH3 is 1. The first-order valence-electron chi connectivity index (χ1n) is 7.50. The van der Waals surface area contributed by atoms with Crippen molar-refractivity contribution in [1.29, 1.82) is 0 Å². The second kappa shape index (κ2) is 8.16. The molecule has 7 heteroatoms. The SMILES string of the molecule is COc1cc(/C=C/C(=O)N2CCC=CC2=O)cc(O)c1OCCN. The molecule has 1 aromatic carbocycles. The van der Waals surface area contributed by atoms with Crippen molar-refractivity contribution in [1.82, 2.24) is 4.90 Å². The van der Waals surface area contributed by atoms with Crippen molar-refractivity contribution in [3.8, 4) is 17.2 Å². The predicted octanol–water partition coefficient (Wildman–Crippen LogP) is 1.07. The van der Waals surface area contributed by atoms with Gasteiger partial charge in [-0.15, -0.1) is 0 Å². The second-order valence-electron chi connectivity index (χ2n) is 5.06. The fraction of sp³-hybridized carbons (Fsp3) is 0.294. The number of carbonyl (C=O) groups excluding carboxylic acids is 2. The molecule has 1 aliphatic rings. The summed E-state index contributed by atoms with van der Waals surface area (Å²) < 4.78 is 10.5. The molecule has 7 nitrogen and oxygen atoms in total. The van der Waals surface area contributed by atoms with E-state index in [0.29, 0.717) is 30.8 Å². The summed E-state index contributed by atoms with van der Waals surface area (Å²) in [6, 6.07) is 3.06. The number of benzene rings is 1. The Balaban J connectivity index is 2.17. The molecule has 0 radical (unpaired) electrons. The molecular weight excluding hydrogens is 312 g/mol. The standard InChI is InChI=1S/C17H20N2O5/c1-23-14-11-12(10-13(20)17(14)24-9-7-18)5-6-16(22)19-8-3-2-4-15(19)21/h2,4-6,10-11,20H,3,7-9,18H2,1H3/b6-5+. The number of aromatic hydroxyl groups is 1. The van der Waals surface area contributed by atoms with Gasteiger partial charge in [0.25, 0.3) is 11.8 Å². The number of phenols is 1. The first-order valence-corrected chi connectivity index (χ1v) is 7.50. The summed E-state index contributed by atoms with van der Waals surface area (Å²) in [7, 11) is 1.45. The molecule has 0 aromatic heterocycles. The van der Waals surface area contributed by atoms with Crippen LogP contribution < -0.4 is 15.2 Å². The highest BCUT2D eigenvalue weighted by atomic mass is 16.5. The molecule has 0 atom stereocenters. The van der Waals surface area contributed by atoms with Crippen LogP contribution in [0.1, 0.15) is 12.0 Å². The molecule has 0 saturated heterocycles. The quantitative estimate of drug-likeness (QED) is 0.756. The van der Waals surface area contributed by atoms with Gasteiger partial charge >= 0.3 is 0 Å². The third kappa shape index (κ3) is 4.14. The van der Waals surface area contributed by atoms with Gasteiger partial charge in [0.15, 0.2) is 11.5 Å². The molecule has 1 heterocycles. The summed E-state index contributed by atoms with van der Waals surface area (Å²) in [4.78, 5) is 24.9. The fourth-order valence-corrected chi connectivity index (χ4v) is 2.23. The summed E-state index contributed by atoms with van der Waals surface area (Å²) in [5.74, 6) is -0.338. The van der Waals surface area contributed by atoms with E-state index in [-0.39, 0.29) is 24.0 Å². The Hall–Kier alpha value is -2.80. The van der Waals surface area contributed by atoms with Crippen LogP contribution in [0.2, 0.25) is 0 Å². The van der Waals surface area contributed by atoms with Crippen molar-refractivity contribution in [2.75, 3.05) is 26.8 Å². The molecular formula is C17H20N2O5. The van der Waals surface area contributed by atoms with E-state index in [9.17, 15) is 14.7 Å². The molecule has 0 aliphatic carbocycles. The normalized spacial score (nSPS) is 14.2. The van der Waals surface area contributed by atoms with Crippen LogP contribution >= 0.6 is 0 Å². The highest BCUT2D eigenvalue weighted by molar-refractivity contribution is 6.06. The molecule has 3 N–H and O–H groups in total. The van der Waals surface area contributed by atoms with Crippen molar-refractivity contribution in [2.24, 2.45) is 5.73 Å². The van der Waals surface area contributed by atoms with Gasteiger partial charge in [0.1, 0.15) is 6.61 Å². The van der Waals surface area contributed by atoms with E-state index in [1.165, 1.54) is 31.4 Å². The summed E-state index contributed by atoms with van der Waals surface area (Å²) in [5, 5.41) is 10.0. The minimum atomic E-state index is -0.411. The Labute approximate surface area is 140 Å². The van der Waals surface area contributed by atoms with Gasteiger partial charge in [0, 0.05) is 19.2 Å². The van der Waals surface area contributed by atoms with E-state index in [1.54, 1.807) is 12.1 Å². The summed E-state index contributed by atoms with van der Waals surface area (Å²) in [6.45, 7) is 0.901. The predicted molar refractivity (Wildman–Crippen MR) is 88.7 cm³/mol. The Morgan fingerprint density at radius 2 is 2.25 bits per heavy atom. The summed E-state index contributed by atoms with van der Waals surface area (Å²) >= 11 is 0. The maximum absolute atomic E-state index is 12.1. The van der Waals surface area contributed by atoms with Gasteiger partial charge in [0.2, 0.25) is 5.75 Å². The first kappa shape index (κ1) is 17.6. The summed E-state index contributed by atoms with van der Waals surface area (Å²) in [5.41, 5.74) is 5.92. The smallest absolute Gasteiger partial charge is 0.253 e. The third-order valence-corrected chi connectivity index (χ3v) is 3.37. The van der Waals surface area contributed by atoms with Crippen molar-refractivity contribution in [3.63, 3.8) is 0 Å². The molecule has 0 bridgehead atoms. The van der Waals surface area contributed by atoms with Gasteiger partial charge in [-0.3, -0.25) is 14.5 Å². The lowest BCUT2D eigenvalue weighted by atomic mass is 10.1. The number of amides is 2. The van der Waals surface area contributed by atoms with Crippen LogP contribution in [-0.2, 0) is 9.59 Å². The number of rotatable bonds is 6. The minimum absolute atomic E-state index is 0.119.